The molecule has 0 saturated carbocycles. The summed E-state index contributed by atoms with van der Waals surface area (Å²) in [5.74, 6) is 1.03. The van der Waals surface area contributed by atoms with Gasteiger partial charge in [0.15, 0.2) is 0 Å². The largest absolute Gasteiger partial charge is 0.494 e. The molecule has 0 amide bonds. The second-order valence-electron chi connectivity index (χ2n) is 9.48. The summed E-state index contributed by atoms with van der Waals surface area (Å²) >= 11 is 0. The van der Waals surface area contributed by atoms with Crippen LogP contribution >= 0.6 is 0 Å². The number of aromatic nitrogens is 3. The van der Waals surface area contributed by atoms with Crippen LogP contribution in [-0.2, 0) is 6.54 Å². The average Bonchev–Trinajstić information content (AvgIpc) is 3.42. The van der Waals surface area contributed by atoms with Crippen LogP contribution in [-0.4, -0.2) is 40.4 Å². The molecule has 4 aromatic rings. The number of pyridine rings is 1. The third-order valence-corrected chi connectivity index (χ3v) is 6.72. The number of imidazole rings is 1. The van der Waals surface area contributed by atoms with Crippen molar-refractivity contribution in [3.05, 3.63) is 82.3 Å². The first-order valence-corrected chi connectivity index (χ1v) is 12.3. The minimum absolute atomic E-state index is 0.0214. The summed E-state index contributed by atoms with van der Waals surface area (Å²) < 4.78 is 29.9. The lowest BCUT2D eigenvalue weighted by molar-refractivity contribution is 0.238. The summed E-state index contributed by atoms with van der Waals surface area (Å²) in [6.07, 6.45) is 2.41. The molecule has 36 heavy (non-hydrogen) atoms. The first-order chi connectivity index (χ1) is 17.4. The van der Waals surface area contributed by atoms with Crippen molar-refractivity contribution < 1.29 is 13.9 Å². The Kier molecular flexibility index (Phi) is 6.43. The predicted octanol–water partition coefficient (Wildman–Crippen LogP) is 4.94. The molecule has 1 aliphatic heterocycles. The molecule has 2 aromatic carbocycles. The van der Waals surface area contributed by atoms with Gasteiger partial charge in [0.05, 0.1) is 37.0 Å². The normalized spacial score (nSPS) is 15.7. The molecule has 7 nitrogen and oxygen atoms in total. The Hall–Kier alpha value is -3.81. The van der Waals surface area contributed by atoms with Crippen molar-refractivity contribution in [1.82, 2.24) is 14.1 Å². The standard InChI is InChI=1S/C28H31FN4O3/c1-18(2)36-24-12-7-14-30-22(24)17-32-27-23(10-6-11-25(27)35-4)33(28(32)34)20-13-15-31(16-20)26-19(3)8-5-9-21(26)29/h5-12,14,18,20H,13,15-17H2,1-4H3/t20-/m1/s1. The highest BCUT2D eigenvalue weighted by Crippen LogP contribution is 2.34. The minimum Gasteiger partial charge on any atom is -0.494 e. The lowest BCUT2D eigenvalue weighted by Crippen LogP contribution is -2.30. The lowest BCUT2D eigenvalue weighted by Gasteiger charge is -2.21. The van der Waals surface area contributed by atoms with Gasteiger partial charge in [0, 0.05) is 19.3 Å². The Morgan fingerprint density at radius 3 is 2.64 bits per heavy atom. The van der Waals surface area contributed by atoms with E-state index in [0.717, 1.165) is 17.5 Å². The number of rotatable bonds is 7. The van der Waals surface area contributed by atoms with E-state index in [0.29, 0.717) is 41.5 Å². The molecule has 1 atom stereocenters. The Morgan fingerprint density at radius 2 is 1.89 bits per heavy atom. The van der Waals surface area contributed by atoms with Crippen molar-refractivity contribution in [3.8, 4) is 11.5 Å². The first-order valence-electron chi connectivity index (χ1n) is 12.3. The second kappa shape index (κ2) is 9.68. The summed E-state index contributed by atoms with van der Waals surface area (Å²) in [6, 6.07) is 14.4. The number of para-hydroxylation sites is 2. The number of halogens is 1. The summed E-state index contributed by atoms with van der Waals surface area (Å²) in [5, 5.41) is 0. The molecule has 5 rings (SSSR count). The van der Waals surface area contributed by atoms with Gasteiger partial charge >= 0.3 is 5.69 Å². The van der Waals surface area contributed by atoms with E-state index in [1.54, 1.807) is 23.9 Å². The number of methoxy groups -OCH3 is 1. The molecule has 0 unspecified atom stereocenters. The quantitative estimate of drug-likeness (QED) is 0.367. The molecule has 8 heteroatoms. The van der Waals surface area contributed by atoms with Crippen LogP contribution in [0.25, 0.3) is 11.0 Å². The highest BCUT2D eigenvalue weighted by molar-refractivity contribution is 5.83. The molecule has 2 aromatic heterocycles. The van der Waals surface area contributed by atoms with Crippen molar-refractivity contribution in [1.29, 1.82) is 0 Å². The zero-order valence-electron chi connectivity index (χ0n) is 21.1. The predicted molar refractivity (Wildman–Crippen MR) is 139 cm³/mol. The van der Waals surface area contributed by atoms with E-state index >= 15 is 0 Å². The van der Waals surface area contributed by atoms with Gasteiger partial charge in [0.1, 0.15) is 28.5 Å². The SMILES string of the molecule is COc1cccc2c1n(Cc1ncccc1OC(C)C)c(=O)n2[C@@H]1CCN(c2c(C)cccc2F)C1. The maximum atomic E-state index is 14.7. The van der Waals surface area contributed by atoms with E-state index in [9.17, 15) is 9.18 Å². The van der Waals surface area contributed by atoms with E-state index in [2.05, 4.69) is 4.98 Å². The molecule has 0 N–H and O–H groups in total. The van der Waals surface area contributed by atoms with Crippen LogP contribution in [0.4, 0.5) is 10.1 Å². The van der Waals surface area contributed by atoms with Crippen molar-refractivity contribution in [2.75, 3.05) is 25.1 Å². The van der Waals surface area contributed by atoms with Gasteiger partial charge in [0.25, 0.3) is 0 Å². The van der Waals surface area contributed by atoms with Gasteiger partial charge in [-0.25, -0.2) is 9.18 Å². The van der Waals surface area contributed by atoms with Gasteiger partial charge in [-0.15, -0.1) is 0 Å². The highest BCUT2D eigenvalue weighted by Gasteiger charge is 2.31. The van der Waals surface area contributed by atoms with E-state index < -0.39 is 0 Å². The number of ether oxygens (including phenoxy) is 2. The van der Waals surface area contributed by atoms with Crippen molar-refractivity contribution >= 4 is 16.7 Å². The van der Waals surface area contributed by atoms with Crippen LogP contribution in [0.15, 0.2) is 59.5 Å². The Labute approximate surface area is 209 Å². The molecule has 0 aliphatic carbocycles. The third kappa shape index (κ3) is 4.21. The zero-order valence-corrected chi connectivity index (χ0v) is 21.1. The van der Waals surface area contributed by atoms with Crippen molar-refractivity contribution in [2.45, 2.75) is 45.9 Å². The fourth-order valence-electron chi connectivity index (χ4n) is 5.20. The van der Waals surface area contributed by atoms with E-state index in [-0.39, 0.29) is 30.2 Å². The summed E-state index contributed by atoms with van der Waals surface area (Å²) in [5.41, 5.74) is 3.53. The fourth-order valence-corrected chi connectivity index (χ4v) is 5.20. The Balaban J connectivity index is 1.59. The second-order valence-corrected chi connectivity index (χ2v) is 9.48. The summed E-state index contributed by atoms with van der Waals surface area (Å²) in [7, 11) is 1.60. The van der Waals surface area contributed by atoms with Crippen LogP contribution < -0.4 is 20.1 Å². The Morgan fingerprint density at radius 1 is 1.11 bits per heavy atom. The lowest BCUT2D eigenvalue weighted by atomic mass is 10.2. The van der Waals surface area contributed by atoms with E-state index in [1.807, 2.05) is 66.6 Å². The van der Waals surface area contributed by atoms with Crippen LogP contribution in [0.5, 0.6) is 11.5 Å². The molecule has 1 saturated heterocycles. The molecule has 0 spiro atoms. The van der Waals surface area contributed by atoms with Gasteiger partial charge in [-0.3, -0.25) is 14.1 Å². The highest BCUT2D eigenvalue weighted by atomic mass is 19.1. The number of benzene rings is 2. The van der Waals surface area contributed by atoms with Crippen LogP contribution in [0.1, 0.15) is 37.6 Å². The van der Waals surface area contributed by atoms with Crippen LogP contribution in [0.3, 0.4) is 0 Å². The number of anilines is 1. The van der Waals surface area contributed by atoms with Gasteiger partial charge < -0.3 is 14.4 Å². The third-order valence-electron chi connectivity index (χ3n) is 6.72. The van der Waals surface area contributed by atoms with E-state index in [4.69, 9.17) is 9.47 Å². The molecule has 3 heterocycles. The molecule has 188 valence electrons. The average molecular weight is 491 g/mol. The maximum absolute atomic E-state index is 14.7. The molecule has 0 bridgehead atoms. The zero-order chi connectivity index (χ0) is 25.4. The molecule has 1 fully saturated rings. The maximum Gasteiger partial charge on any atom is 0.329 e. The fraction of sp³-hybridized carbons (Fsp3) is 0.357. The van der Waals surface area contributed by atoms with Crippen molar-refractivity contribution in [2.24, 2.45) is 0 Å². The topological polar surface area (TPSA) is 61.5 Å². The number of hydrogen-bond acceptors (Lipinski definition) is 5. The number of fused-ring (bicyclic) bond motifs is 1. The van der Waals surface area contributed by atoms with E-state index in [1.165, 1.54) is 6.07 Å². The van der Waals surface area contributed by atoms with Gasteiger partial charge in [-0.1, -0.05) is 18.2 Å². The summed E-state index contributed by atoms with van der Waals surface area (Å²) in [6.45, 7) is 7.29. The Bertz CT molecular complexity index is 1440. The molecular weight excluding hydrogens is 459 g/mol. The molecular formula is C28H31FN4O3. The van der Waals surface area contributed by atoms with Crippen LogP contribution in [0.2, 0.25) is 0 Å². The number of nitrogens with zero attached hydrogens (tertiary/aromatic N) is 4. The van der Waals surface area contributed by atoms with Crippen LogP contribution in [0, 0.1) is 12.7 Å². The monoisotopic (exact) mass is 490 g/mol. The molecule has 0 radical (unpaired) electrons. The minimum atomic E-state index is -0.236. The van der Waals surface area contributed by atoms with Crippen molar-refractivity contribution in [3.63, 3.8) is 0 Å². The first kappa shape index (κ1) is 23.9. The van der Waals surface area contributed by atoms with Gasteiger partial charge in [-0.2, -0.15) is 0 Å². The van der Waals surface area contributed by atoms with Gasteiger partial charge in [-0.05, 0) is 63.1 Å². The number of aryl methyl sites for hydroxylation is 1. The number of hydrogen-bond donors (Lipinski definition) is 0. The molecule has 1 aliphatic rings. The summed E-state index contributed by atoms with van der Waals surface area (Å²) in [4.78, 5) is 20.5. The van der Waals surface area contributed by atoms with Gasteiger partial charge in [0.2, 0.25) is 0 Å². The smallest absolute Gasteiger partial charge is 0.329 e.